The van der Waals surface area contributed by atoms with Crippen molar-refractivity contribution in [2.45, 2.75) is 6.42 Å². The molecule has 74 valence electrons. The summed E-state index contributed by atoms with van der Waals surface area (Å²) in [6.45, 7) is 0.620. The smallest absolute Gasteiger partial charge is 0.0715 e. The van der Waals surface area contributed by atoms with E-state index < -0.39 is 0 Å². The van der Waals surface area contributed by atoms with Gasteiger partial charge in [-0.2, -0.15) is 5.10 Å². The van der Waals surface area contributed by atoms with Crippen LogP contribution in [0, 0.1) is 0 Å². The number of nitrogens with two attached hydrogens (primary N) is 1. The molecule has 0 aliphatic heterocycles. The maximum Gasteiger partial charge on any atom is 0.0715 e. The SMILES string of the molecule is Cn1nc(CCN)c2ccc(Cl)cc21. The lowest BCUT2D eigenvalue weighted by atomic mass is 10.2. The van der Waals surface area contributed by atoms with Crippen molar-refractivity contribution < 1.29 is 0 Å². The number of benzene rings is 1. The zero-order valence-electron chi connectivity index (χ0n) is 8.00. The Bertz CT molecular complexity index is 462. The molecule has 0 amide bonds. The molecule has 4 heteroatoms. The van der Waals surface area contributed by atoms with E-state index in [2.05, 4.69) is 5.10 Å². The number of aryl methyl sites for hydroxylation is 1. The van der Waals surface area contributed by atoms with E-state index in [0.29, 0.717) is 6.54 Å². The second-order valence-corrected chi connectivity index (χ2v) is 3.71. The van der Waals surface area contributed by atoms with Gasteiger partial charge in [0.2, 0.25) is 0 Å². The number of fused-ring (bicyclic) bond motifs is 1. The van der Waals surface area contributed by atoms with Crippen molar-refractivity contribution >= 4 is 22.5 Å². The zero-order valence-corrected chi connectivity index (χ0v) is 8.75. The molecule has 0 saturated carbocycles. The minimum absolute atomic E-state index is 0.620. The highest BCUT2D eigenvalue weighted by atomic mass is 35.5. The van der Waals surface area contributed by atoms with Crippen LogP contribution < -0.4 is 5.73 Å². The van der Waals surface area contributed by atoms with Gasteiger partial charge in [-0.25, -0.2) is 0 Å². The molecule has 0 aliphatic rings. The Labute approximate surface area is 87.5 Å². The molecule has 0 spiro atoms. The first-order valence-electron chi connectivity index (χ1n) is 4.53. The van der Waals surface area contributed by atoms with Crippen LogP contribution in [0.4, 0.5) is 0 Å². The van der Waals surface area contributed by atoms with Gasteiger partial charge in [-0.15, -0.1) is 0 Å². The minimum Gasteiger partial charge on any atom is -0.330 e. The summed E-state index contributed by atoms with van der Waals surface area (Å²) in [5.41, 5.74) is 7.62. The lowest BCUT2D eigenvalue weighted by Crippen LogP contribution is -2.03. The van der Waals surface area contributed by atoms with Crippen molar-refractivity contribution in [2.24, 2.45) is 12.8 Å². The van der Waals surface area contributed by atoms with E-state index in [-0.39, 0.29) is 0 Å². The summed E-state index contributed by atoms with van der Waals surface area (Å²) < 4.78 is 1.84. The molecule has 2 N–H and O–H groups in total. The maximum atomic E-state index is 5.91. The molecule has 0 radical (unpaired) electrons. The van der Waals surface area contributed by atoms with E-state index >= 15 is 0 Å². The van der Waals surface area contributed by atoms with Crippen LogP contribution in [0.15, 0.2) is 18.2 Å². The molecule has 0 unspecified atom stereocenters. The number of aromatic nitrogens is 2. The van der Waals surface area contributed by atoms with Gasteiger partial charge in [0.05, 0.1) is 11.2 Å². The normalized spacial score (nSPS) is 11.1. The average molecular weight is 210 g/mol. The molecule has 0 bridgehead atoms. The predicted octanol–water partition coefficient (Wildman–Crippen LogP) is 1.73. The van der Waals surface area contributed by atoms with Crippen molar-refractivity contribution in [3.8, 4) is 0 Å². The van der Waals surface area contributed by atoms with E-state index in [1.807, 2.05) is 29.9 Å². The van der Waals surface area contributed by atoms with Crippen LogP contribution in [-0.4, -0.2) is 16.3 Å². The van der Waals surface area contributed by atoms with Crippen LogP contribution in [-0.2, 0) is 13.5 Å². The summed E-state index contributed by atoms with van der Waals surface area (Å²) in [6, 6.07) is 5.80. The first-order valence-corrected chi connectivity index (χ1v) is 4.91. The number of rotatable bonds is 2. The molecular formula is C10H12ClN3. The van der Waals surface area contributed by atoms with E-state index in [0.717, 1.165) is 28.0 Å². The summed E-state index contributed by atoms with van der Waals surface area (Å²) in [7, 11) is 1.92. The van der Waals surface area contributed by atoms with Gasteiger partial charge < -0.3 is 5.73 Å². The lowest BCUT2D eigenvalue weighted by Gasteiger charge is -1.94. The van der Waals surface area contributed by atoms with Crippen molar-refractivity contribution in [3.05, 3.63) is 28.9 Å². The first-order chi connectivity index (χ1) is 6.72. The largest absolute Gasteiger partial charge is 0.330 e. The molecule has 1 heterocycles. The number of halogens is 1. The topological polar surface area (TPSA) is 43.8 Å². The van der Waals surface area contributed by atoms with Gasteiger partial charge in [-0.05, 0) is 24.7 Å². The standard InChI is InChI=1S/C10H12ClN3/c1-14-10-6-7(11)2-3-8(10)9(13-14)4-5-12/h2-3,6H,4-5,12H2,1H3. The minimum atomic E-state index is 0.620. The van der Waals surface area contributed by atoms with Crippen molar-refractivity contribution in [1.82, 2.24) is 9.78 Å². The Morgan fingerprint density at radius 3 is 3.00 bits per heavy atom. The quantitative estimate of drug-likeness (QED) is 0.819. The molecule has 0 fully saturated rings. The molecule has 3 nitrogen and oxygen atoms in total. The summed E-state index contributed by atoms with van der Waals surface area (Å²) in [6.07, 6.45) is 0.805. The third-order valence-corrected chi connectivity index (χ3v) is 2.51. The van der Waals surface area contributed by atoms with E-state index in [1.54, 1.807) is 0 Å². The van der Waals surface area contributed by atoms with Gasteiger partial charge in [-0.3, -0.25) is 4.68 Å². The highest BCUT2D eigenvalue weighted by molar-refractivity contribution is 6.31. The summed E-state index contributed by atoms with van der Waals surface area (Å²) >= 11 is 5.91. The molecule has 0 saturated heterocycles. The van der Waals surface area contributed by atoms with Gasteiger partial charge in [-0.1, -0.05) is 11.6 Å². The molecule has 0 aliphatic carbocycles. The highest BCUT2D eigenvalue weighted by Gasteiger charge is 2.07. The Kier molecular flexibility index (Phi) is 2.44. The molecule has 2 rings (SSSR count). The van der Waals surface area contributed by atoms with Crippen molar-refractivity contribution in [1.29, 1.82) is 0 Å². The fourth-order valence-corrected chi connectivity index (χ4v) is 1.79. The second kappa shape index (κ2) is 3.59. The molecule has 2 aromatic rings. The molecule has 14 heavy (non-hydrogen) atoms. The van der Waals surface area contributed by atoms with E-state index in [9.17, 15) is 0 Å². The summed E-state index contributed by atoms with van der Waals surface area (Å²) in [4.78, 5) is 0. The van der Waals surface area contributed by atoms with Gasteiger partial charge in [0, 0.05) is 23.9 Å². The highest BCUT2D eigenvalue weighted by Crippen LogP contribution is 2.21. The van der Waals surface area contributed by atoms with Gasteiger partial charge >= 0.3 is 0 Å². The fraction of sp³-hybridized carbons (Fsp3) is 0.300. The van der Waals surface area contributed by atoms with Crippen LogP contribution in [0.3, 0.4) is 0 Å². The number of nitrogens with zero attached hydrogens (tertiary/aromatic N) is 2. The van der Waals surface area contributed by atoms with Crippen LogP contribution in [0.25, 0.3) is 10.9 Å². The third kappa shape index (κ3) is 1.49. The maximum absolute atomic E-state index is 5.91. The van der Waals surface area contributed by atoms with Crippen LogP contribution in [0.2, 0.25) is 5.02 Å². The zero-order chi connectivity index (χ0) is 10.1. The Morgan fingerprint density at radius 1 is 1.50 bits per heavy atom. The summed E-state index contributed by atoms with van der Waals surface area (Å²) in [5.74, 6) is 0. The Hall–Kier alpha value is -1.06. The average Bonchev–Trinajstić information content (AvgIpc) is 2.44. The third-order valence-electron chi connectivity index (χ3n) is 2.27. The van der Waals surface area contributed by atoms with Crippen LogP contribution in [0.5, 0.6) is 0 Å². The van der Waals surface area contributed by atoms with Gasteiger partial charge in [0.25, 0.3) is 0 Å². The van der Waals surface area contributed by atoms with E-state index in [4.69, 9.17) is 17.3 Å². The molecule has 1 aromatic carbocycles. The number of hydrogen-bond acceptors (Lipinski definition) is 2. The summed E-state index contributed by atoms with van der Waals surface area (Å²) in [5, 5.41) is 6.28. The van der Waals surface area contributed by atoms with Gasteiger partial charge in [0.1, 0.15) is 0 Å². The van der Waals surface area contributed by atoms with Crippen molar-refractivity contribution in [2.75, 3.05) is 6.54 Å². The van der Waals surface area contributed by atoms with E-state index in [1.165, 1.54) is 0 Å². The second-order valence-electron chi connectivity index (χ2n) is 3.27. The van der Waals surface area contributed by atoms with Crippen LogP contribution in [0.1, 0.15) is 5.69 Å². The monoisotopic (exact) mass is 209 g/mol. The predicted molar refractivity (Wildman–Crippen MR) is 58.5 cm³/mol. The first kappa shape index (κ1) is 9.49. The van der Waals surface area contributed by atoms with Gasteiger partial charge in [0.15, 0.2) is 0 Å². The number of hydrogen-bond donors (Lipinski definition) is 1. The fourth-order valence-electron chi connectivity index (χ4n) is 1.63. The van der Waals surface area contributed by atoms with Crippen molar-refractivity contribution in [3.63, 3.8) is 0 Å². The molecule has 0 atom stereocenters. The lowest BCUT2D eigenvalue weighted by molar-refractivity contribution is 0.761. The Morgan fingerprint density at radius 2 is 2.29 bits per heavy atom. The van der Waals surface area contributed by atoms with Crippen LogP contribution >= 0.6 is 11.6 Å². The molecular weight excluding hydrogens is 198 g/mol. The molecule has 1 aromatic heterocycles. The Balaban J connectivity index is 2.65.